The first-order valence-electron chi connectivity index (χ1n) is 7.52. The van der Waals surface area contributed by atoms with E-state index in [1.165, 1.54) is 4.90 Å². The van der Waals surface area contributed by atoms with Crippen LogP contribution in [0.3, 0.4) is 0 Å². The van der Waals surface area contributed by atoms with Gasteiger partial charge in [0, 0.05) is 12.8 Å². The molecule has 3 heteroatoms. The summed E-state index contributed by atoms with van der Waals surface area (Å²) in [6.45, 7) is 6.04. The average Bonchev–Trinajstić information content (AvgIpc) is 2.42. The maximum Gasteiger partial charge on any atom is 0.233 e. The van der Waals surface area contributed by atoms with Crippen molar-refractivity contribution in [2.75, 3.05) is 4.90 Å². The molecule has 0 heterocycles. The van der Waals surface area contributed by atoms with E-state index in [-0.39, 0.29) is 11.8 Å². The quantitative estimate of drug-likeness (QED) is 0.698. The smallest absolute Gasteiger partial charge is 0.233 e. The second-order valence-corrected chi connectivity index (χ2v) is 5.17. The van der Waals surface area contributed by atoms with Crippen molar-refractivity contribution in [3.05, 3.63) is 29.8 Å². The third-order valence-corrected chi connectivity index (χ3v) is 3.25. The highest BCUT2D eigenvalue weighted by atomic mass is 16.2. The van der Waals surface area contributed by atoms with E-state index in [1.807, 2.05) is 38.1 Å². The Balaban J connectivity index is 2.87. The summed E-state index contributed by atoms with van der Waals surface area (Å²) in [5, 5.41) is 0. The lowest BCUT2D eigenvalue weighted by Gasteiger charge is -2.21. The molecule has 3 nitrogen and oxygen atoms in total. The molecule has 0 unspecified atom stereocenters. The molecule has 1 rings (SSSR count). The van der Waals surface area contributed by atoms with Crippen LogP contribution in [-0.4, -0.2) is 11.8 Å². The van der Waals surface area contributed by atoms with E-state index in [1.54, 1.807) is 0 Å². The summed E-state index contributed by atoms with van der Waals surface area (Å²) in [7, 11) is 0. The molecule has 0 aromatic heterocycles. The molecule has 0 N–H and O–H groups in total. The molecule has 0 aliphatic heterocycles. The molecule has 0 radical (unpaired) electrons. The van der Waals surface area contributed by atoms with Gasteiger partial charge in [-0.15, -0.1) is 0 Å². The Kier molecular flexibility index (Phi) is 6.99. The fourth-order valence-corrected chi connectivity index (χ4v) is 2.08. The van der Waals surface area contributed by atoms with E-state index in [0.717, 1.165) is 31.2 Å². The van der Waals surface area contributed by atoms with Crippen LogP contribution in [0, 0.1) is 6.92 Å². The second-order valence-electron chi connectivity index (χ2n) is 5.17. The second kappa shape index (κ2) is 8.51. The van der Waals surface area contributed by atoms with Crippen LogP contribution in [0.5, 0.6) is 0 Å². The summed E-state index contributed by atoms with van der Waals surface area (Å²) in [5.41, 5.74) is 1.81. The fraction of sp³-hybridized carbons (Fsp3) is 0.529. The molecule has 1 aromatic rings. The monoisotopic (exact) mass is 275 g/mol. The zero-order chi connectivity index (χ0) is 15.0. The van der Waals surface area contributed by atoms with Gasteiger partial charge >= 0.3 is 0 Å². The minimum Gasteiger partial charge on any atom is -0.274 e. The third kappa shape index (κ3) is 4.80. The van der Waals surface area contributed by atoms with Crippen molar-refractivity contribution in [1.82, 2.24) is 0 Å². The Hall–Kier alpha value is -1.64. The molecule has 0 saturated carbocycles. The van der Waals surface area contributed by atoms with E-state index in [4.69, 9.17) is 0 Å². The van der Waals surface area contributed by atoms with Crippen LogP contribution in [0.1, 0.15) is 57.9 Å². The standard InChI is InChI=1S/C17H25NO2/c1-4-6-7-9-17(20)18(16(19)8-5-2)15-12-10-14(3)11-13-15/h10-13H,4-9H2,1-3H3. The number of hydrogen-bond acceptors (Lipinski definition) is 2. The highest BCUT2D eigenvalue weighted by Crippen LogP contribution is 2.19. The molecular formula is C17H25NO2. The Morgan fingerprint density at radius 1 is 0.900 bits per heavy atom. The van der Waals surface area contributed by atoms with Gasteiger partial charge in [0.1, 0.15) is 0 Å². The van der Waals surface area contributed by atoms with Gasteiger partial charge in [-0.25, -0.2) is 0 Å². The number of amides is 2. The molecule has 20 heavy (non-hydrogen) atoms. The van der Waals surface area contributed by atoms with Gasteiger partial charge in [0.2, 0.25) is 11.8 Å². The first kappa shape index (κ1) is 16.4. The summed E-state index contributed by atoms with van der Waals surface area (Å²) in [6.07, 6.45) is 4.54. The first-order chi connectivity index (χ1) is 9.60. The van der Waals surface area contributed by atoms with Crippen molar-refractivity contribution in [1.29, 1.82) is 0 Å². The molecule has 1 aromatic carbocycles. The topological polar surface area (TPSA) is 37.4 Å². The minimum absolute atomic E-state index is 0.0826. The molecule has 0 fully saturated rings. The molecule has 2 amide bonds. The molecule has 0 atom stereocenters. The number of rotatable bonds is 7. The summed E-state index contributed by atoms with van der Waals surface area (Å²) in [4.78, 5) is 25.9. The van der Waals surface area contributed by atoms with Crippen molar-refractivity contribution >= 4 is 17.5 Å². The van der Waals surface area contributed by atoms with Crippen LogP contribution in [-0.2, 0) is 9.59 Å². The largest absolute Gasteiger partial charge is 0.274 e. The number of imide groups is 1. The van der Waals surface area contributed by atoms with Gasteiger partial charge in [-0.3, -0.25) is 14.5 Å². The zero-order valence-electron chi connectivity index (χ0n) is 12.8. The Labute approximate surface area is 122 Å². The average molecular weight is 275 g/mol. The maximum atomic E-state index is 12.3. The number of hydrogen-bond donors (Lipinski definition) is 0. The lowest BCUT2D eigenvalue weighted by Crippen LogP contribution is -2.36. The lowest BCUT2D eigenvalue weighted by atomic mass is 10.1. The molecule has 0 spiro atoms. The van der Waals surface area contributed by atoms with Gasteiger partial charge in [-0.2, -0.15) is 0 Å². The van der Waals surface area contributed by atoms with Crippen molar-refractivity contribution in [3.63, 3.8) is 0 Å². The van der Waals surface area contributed by atoms with E-state index in [9.17, 15) is 9.59 Å². The minimum atomic E-state index is -0.0992. The van der Waals surface area contributed by atoms with Gasteiger partial charge in [-0.1, -0.05) is 44.4 Å². The van der Waals surface area contributed by atoms with Gasteiger partial charge in [0.05, 0.1) is 5.69 Å². The van der Waals surface area contributed by atoms with E-state index in [2.05, 4.69) is 6.92 Å². The molecule has 110 valence electrons. The lowest BCUT2D eigenvalue weighted by molar-refractivity contribution is -0.126. The van der Waals surface area contributed by atoms with Crippen LogP contribution < -0.4 is 4.90 Å². The van der Waals surface area contributed by atoms with Crippen LogP contribution in [0.15, 0.2) is 24.3 Å². The number of benzene rings is 1. The molecule has 0 aliphatic carbocycles. The number of carbonyl (C=O) groups excluding carboxylic acids is 2. The Morgan fingerprint density at radius 3 is 2.05 bits per heavy atom. The maximum absolute atomic E-state index is 12.3. The number of carbonyl (C=O) groups is 2. The van der Waals surface area contributed by atoms with Crippen molar-refractivity contribution < 1.29 is 9.59 Å². The van der Waals surface area contributed by atoms with Gasteiger partial charge < -0.3 is 0 Å². The molecule has 0 bridgehead atoms. The van der Waals surface area contributed by atoms with Crippen LogP contribution in [0.25, 0.3) is 0 Å². The van der Waals surface area contributed by atoms with E-state index < -0.39 is 0 Å². The van der Waals surface area contributed by atoms with Crippen molar-refractivity contribution in [3.8, 4) is 0 Å². The fourth-order valence-electron chi connectivity index (χ4n) is 2.08. The Bertz CT molecular complexity index is 437. The van der Waals surface area contributed by atoms with Crippen LogP contribution in [0.4, 0.5) is 5.69 Å². The van der Waals surface area contributed by atoms with Crippen molar-refractivity contribution in [2.45, 2.75) is 59.3 Å². The molecule has 0 aliphatic rings. The molecular weight excluding hydrogens is 250 g/mol. The number of aryl methyl sites for hydroxylation is 1. The van der Waals surface area contributed by atoms with E-state index in [0.29, 0.717) is 18.5 Å². The van der Waals surface area contributed by atoms with Gasteiger partial charge in [0.25, 0.3) is 0 Å². The summed E-state index contributed by atoms with van der Waals surface area (Å²) in [5.74, 6) is -0.182. The number of unbranched alkanes of at least 4 members (excludes halogenated alkanes) is 2. The normalized spacial score (nSPS) is 10.3. The third-order valence-electron chi connectivity index (χ3n) is 3.25. The van der Waals surface area contributed by atoms with Crippen molar-refractivity contribution in [2.24, 2.45) is 0 Å². The summed E-state index contributed by atoms with van der Waals surface area (Å²) < 4.78 is 0. The molecule has 0 saturated heterocycles. The first-order valence-corrected chi connectivity index (χ1v) is 7.52. The highest BCUT2D eigenvalue weighted by Gasteiger charge is 2.21. The zero-order valence-corrected chi connectivity index (χ0v) is 12.8. The SMILES string of the molecule is CCCCCC(=O)N(C(=O)CCC)c1ccc(C)cc1. The predicted molar refractivity (Wildman–Crippen MR) is 82.7 cm³/mol. The number of nitrogens with zero attached hydrogens (tertiary/aromatic N) is 1. The predicted octanol–water partition coefficient (Wildman–Crippen LogP) is 4.24. The van der Waals surface area contributed by atoms with Crippen LogP contribution in [0.2, 0.25) is 0 Å². The summed E-state index contributed by atoms with van der Waals surface area (Å²) >= 11 is 0. The van der Waals surface area contributed by atoms with Gasteiger partial charge in [0.15, 0.2) is 0 Å². The Morgan fingerprint density at radius 2 is 1.50 bits per heavy atom. The number of anilines is 1. The van der Waals surface area contributed by atoms with E-state index >= 15 is 0 Å². The van der Waals surface area contributed by atoms with Gasteiger partial charge in [-0.05, 0) is 31.9 Å². The summed E-state index contributed by atoms with van der Waals surface area (Å²) in [6, 6.07) is 7.56. The van der Waals surface area contributed by atoms with Crippen LogP contribution >= 0.6 is 0 Å². The highest BCUT2D eigenvalue weighted by molar-refractivity contribution is 6.14.